The number of nitrogens with zero attached hydrogens (tertiary/aromatic N) is 1. The summed E-state index contributed by atoms with van der Waals surface area (Å²) in [5, 5.41) is 3.28. The van der Waals surface area contributed by atoms with E-state index in [2.05, 4.69) is 5.32 Å². The van der Waals surface area contributed by atoms with Crippen LogP contribution in [0.1, 0.15) is 24.8 Å². The molecule has 0 aromatic heterocycles. The van der Waals surface area contributed by atoms with E-state index in [9.17, 15) is 4.79 Å². The molecule has 110 valence electrons. The molecule has 1 heterocycles. The van der Waals surface area contributed by atoms with Gasteiger partial charge in [-0.15, -0.1) is 0 Å². The zero-order chi connectivity index (χ0) is 14.4. The van der Waals surface area contributed by atoms with E-state index in [0.717, 1.165) is 43.7 Å². The molecule has 1 N–H and O–H groups in total. The van der Waals surface area contributed by atoms with Gasteiger partial charge in [0.15, 0.2) is 0 Å². The van der Waals surface area contributed by atoms with Gasteiger partial charge >= 0.3 is 0 Å². The first-order valence-electron chi connectivity index (χ1n) is 7.31. The Bertz CT molecular complexity index is 440. The highest BCUT2D eigenvalue weighted by Gasteiger charge is 2.21. The molecule has 1 aliphatic heterocycles. The predicted octanol–water partition coefficient (Wildman–Crippen LogP) is 1.84. The van der Waals surface area contributed by atoms with Crippen LogP contribution in [0.15, 0.2) is 24.3 Å². The summed E-state index contributed by atoms with van der Waals surface area (Å²) in [4.78, 5) is 14.2. The number of hydrogen-bond donors (Lipinski definition) is 1. The number of likely N-dealkylation sites (tertiary alicyclic amines) is 1. The van der Waals surface area contributed by atoms with Crippen LogP contribution in [0.25, 0.3) is 0 Å². The summed E-state index contributed by atoms with van der Waals surface area (Å²) in [7, 11) is 3.65. The SMILES string of the molecule is CNC1CCN(C(=O)CCc2cccc(OC)c2)CC1. The fourth-order valence-corrected chi connectivity index (χ4v) is 2.65. The molecule has 20 heavy (non-hydrogen) atoms. The van der Waals surface area contributed by atoms with Crippen molar-refractivity contribution in [3.63, 3.8) is 0 Å². The van der Waals surface area contributed by atoms with Crippen molar-refractivity contribution in [1.82, 2.24) is 10.2 Å². The van der Waals surface area contributed by atoms with Gasteiger partial charge in [-0.2, -0.15) is 0 Å². The minimum Gasteiger partial charge on any atom is -0.497 e. The fraction of sp³-hybridized carbons (Fsp3) is 0.562. The molecule has 1 fully saturated rings. The van der Waals surface area contributed by atoms with E-state index >= 15 is 0 Å². The number of ether oxygens (including phenoxy) is 1. The molecule has 0 aliphatic carbocycles. The summed E-state index contributed by atoms with van der Waals surface area (Å²) in [6, 6.07) is 8.51. The van der Waals surface area contributed by atoms with Crippen molar-refractivity contribution in [3.05, 3.63) is 29.8 Å². The molecule has 0 spiro atoms. The first-order valence-corrected chi connectivity index (χ1v) is 7.31. The normalized spacial score (nSPS) is 16.2. The van der Waals surface area contributed by atoms with Crippen LogP contribution in [-0.2, 0) is 11.2 Å². The number of hydrogen-bond acceptors (Lipinski definition) is 3. The number of rotatable bonds is 5. The lowest BCUT2D eigenvalue weighted by Crippen LogP contribution is -2.44. The van der Waals surface area contributed by atoms with E-state index in [-0.39, 0.29) is 5.91 Å². The van der Waals surface area contributed by atoms with Gasteiger partial charge in [0.1, 0.15) is 5.75 Å². The topological polar surface area (TPSA) is 41.6 Å². The minimum absolute atomic E-state index is 0.266. The summed E-state index contributed by atoms with van der Waals surface area (Å²) in [5.41, 5.74) is 1.16. The molecule has 2 rings (SSSR count). The molecule has 0 radical (unpaired) electrons. The average molecular weight is 276 g/mol. The predicted molar refractivity (Wildman–Crippen MR) is 80.0 cm³/mol. The zero-order valence-corrected chi connectivity index (χ0v) is 12.4. The van der Waals surface area contributed by atoms with Crippen molar-refractivity contribution in [3.8, 4) is 5.75 Å². The van der Waals surface area contributed by atoms with E-state index in [4.69, 9.17) is 4.74 Å². The van der Waals surface area contributed by atoms with E-state index in [0.29, 0.717) is 12.5 Å². The number of methoxy groups -OCH3 is 1. The van der Waals surface area contributed by atoms with Gasteiger partial charge in [-0.25, -0.2) is 0 Å². The Balaban J connectivity index is 1.80. The summed E-state index contributed by atoms with van der Waals surface area (Å²) < 4.78 is 5.20. The molecule has 0 atom stereocenters. The van der Waals surface area contributed by atoms with Crippen LogP contribution in [0.3, 0.4) is 0 Å². The quantitative estimate of drug-likeness (QED) is 0.892. The maximum Gasteiger partial charge on any atom is 0.222 e. The van der Waals surface area contributed by atoms with Gasteiger partial charge in [0.05, 0.1) is 7.11 Å². The molecule has 4 nitrogen and oxygen atoms in total. The number of nitrogens with one attached hydrogen (secondary N) is 1. The highest BCUT2D eigenvalue weighted by atomic mass is 16.5. The average Bonchev–Trinajstić information content (AvgIpc) is 2.53. The van der Waals surface area contributed by atoms with Crippen LogP contribution in [0.4, 0.5) is 0 Å². The second kappa shape index (κ2) is 7.29. The molecule has 1 aliphatic rings. The number of carbonyl (C=O) groups is 1. The van der Waals surface area contributed by atoms with Gasteiger partial charge in [-0.3, -0.25) is 4.79 Å². The van der Waals surface area contributed by atoms with Crippen molar-refractivity contribution in [2.45, 2.75) is 31.7 Å². The largest absolute Gasteiger partial charge is 0.497 e. The van der Waals surface area contributed by atoms with Crippen LogP contribution in [-0.4, -0.2) is 44.1 Å². The summed E-state index contributed by atoms with van der Waals surface area (Å²) in [6.07, 6.45) is 3.47. The molecule has 0 saturated carbocycles. The monoisotopic (exact) mass is 276 g/mol. The molecule has 1 amide bonds. The first-order chi connectivity index (χ1) is 9.72. The van der Waals surface area contributed by atoms with Gasteiger partial charge in [0.2, 0.25) is 5.91 Å². The van der Waals surface area contributed by atoms with Crippen LogP contribution in [0.5, 0.6) is 5.75 Å². The van der Waals surface area contributed by atoms with Crippen molar-refractivity contribution >= 4 is 5.91 Å². The Morgan fingerprint density at radius 1 is 1.40 bits per heavy atom. The third-order valence-corrected chi connectivity index (χ3v) is 4.02. The van der Waals surface area contributed by atoms with Crippen molar-refractivity contribution in [2.24, 2.45) is 0 Å². The highest BCUT2D eigenvalue weighted by molar-refractivity contribution is 5.76. The standard InChI is InChI=1S/C16H24N2O2/c1-17-14-8-10-18(11-9-14)16(19)7-6-13-4-3-5-15(12-13)20-2/h3-5,12,14,17H,6-11H2,1-2H3. The van der Waals surface area contributed by atoms with Gasteiger partial charge in [-0.05, 0) is 44.0 Å². The number of benzene rings is 1. The Morgan fingerprint density at radius 2 is 2.15 bits per heavy atom. The third kappa shape index (κ3) is 3.97. The summed E-state index contributed by atoms with van der Waals surface area (Å²) in [5.74, 6) is 1.12. The molecule has 1 saturated heterocycles. The third-order valence-electron chi connectivity index (χ3n) is 4.02. The van der Waals surface area contributed by atoms with E-state index in [1.54, 1.807) is 7.11 Å². The van der Waals surface area contributed by atoms with Gasteiger partial charge in [-0.1, -0.05) is 12.1 Å². The fourth-order valence-electron chi connectivity index (χ4n) is 2.65. The maximum atomic E-state index is 12.2. The Morgan fingerprint density at radius 3 is 2.80 bits per heavy atom. The number of aryl methyl sites for hydroxylation is 1. The number of carbonyl (C=O) groups excluding carboxylic acids is 1. The van der Waals surface area contributed by atoms with Gasteiger partial charge in [0.25, 0.3) is 0 Å². The molecule has 1 aromatic carbocycles. The van der Waals surface area contributed by atoms with Crippen molar-refractivity contribution in [2.75, 3.05) is 27.2 Å². The Labute approximate surface area is 121 Å². The van der Waals surface area contributed by atoms with Crippen LogP contribution in [0.2, 0.25) is 0 Å². The lowest BCUT2D eigenvalue weighted by molar-refractivity contribution is -0.132. The van der Waals surface area contributed by atoms with Crippen LogP contribution in [0, 0.1) is 0 Å². The molecular weight excluding hydrogens is 252 g/mol. The van der Waals surface area contributed by atoms with Crippen molar-refractivity contribution < 1.29 is 9.53 Å². The number of piperidine rings is 1. The van der Waals surface area contributed by atoms with E-state index < -0.39 is 0 Å². The van der Waals surface area contributed by atoms with Crippen LogP contribution < -0.4 is 10.1 Å². The van der Waals surface area contributed by atoms with E-state index in [1.807, 2.05) is 36.2 Å². The van der Waals surface area contributed by atoms with Crippen LogP contribution >= 0.6 is 0 Å². The summed E-state index contributed by atoms with van der Waals surface area (Å²) >= 11 is 0. The smallest absolute Gasteiger partial charge is 0.222 e. The van der Waals surface area contributed by atoms with Gasteiger partial charge in [0, 0.05) is 25.6 Å². The lowest BCUT2D eigenvalue weighted by Gasteiger charge is -2.31. The highest BCUT2D eigenvalue weighted by Crippen LogP contribution is 2.16. The van der Waals surface area contributed by atoms with Gasteiger partial charge < -0.3 is 15.0 Å². The minimum atomic E-state index is 0.266. The summed E-state index contributed by atoms with van der Waals surface area (Å²) in [6.45, 7) is 1.75. The second-order valence-electron chi connectivity index (χ2n) is 5.30. The second-order valence-corrected chi connectivity index (χ2v) is 5.30. The molecule has 0 bridgehead atoms. The zero-order valence-electron chi connectivity index (χ0n) is 12.4. The number of amides is 1. The molecular formula is C16H24N2O2. The molecule has 1 aromatic rings. The Kier molecular flexibility index (Phi) is 5.41. The Hall–Kier alpha value is -1.55. The molecule has 4 heteroatoms. The van der Waals surface area contributed by atoms with Crippen molar-refractivity contribution in [1.29, 1.82) is 0 Å². The first kappa shape index (κ1) is 14.9. The maximum absolute atomic E-state index is 12.2. The molecule has 0 unspecified atom stereocenters. The lowest BCUT2D eigenvalue weighted by atomic mass is 10.0. The van der Waals surface area contributed by atoms with E-state index in [1.165, 1.54) is 0 Å².